The molecule has 0 aliphatic carbocycles. The smallest absolute Gasteiger partial charge is 0.311 e. The van der Waals surface area contributed by atoms with Gasteiger partial charge >= 0.3 is 5.69 Å². The lowest BCUT2D eigenvalue weighted by molar-refractivity contribution is -0.386. The second kappa shape index (κ2) is 7.48. The third kappa shape index (κ3) is 4.24. The molecule has 1 amide bonds. The molecule has 2 unspecified atom stereocenters. The van der Waals surface area contributed by atoms with Gasteiger partial charge in [0.25, 0.3) is 0 Å². The number of carbonyl (C=O) groups is 2. The third-order valence-electron chi connectivity index (χ3n) is 2.99. The van der Waals surface area contributed by atoms with Gasteiger partial charge in [0.2, 0.25) is 11.7 Å². The molecule has 9 heteroatoms. The average Bonchev–Trinajstić information content (AvgIpc) is 2.45. The van der Waals surface area contributed by atoms with E-state index in [0.29, 0.717) is 0 Å². The summed E-state index contributed by atoms with van der Waals surface area (Å²) in [5, 5.41) is 42.6. The number of carbonyl (C=O) groups excluding carboxylic acids is 2. The van der Waals surface area contributed by atoms with Gasteiger partial charge in [0, 0.05) is 19.5 Å². The Bertz CT molecular complexity index is 588. The summed E-state index contributed by atoms with van der Waals surface area (Å²) in [4.78, 5) is 31.4. The van der Waals surface area contributed by atoms with E-state index < -0.39 is 28.6 Å². The SMILES string of the molecule is CC(=O)NCCC(O)C(O)c1cc(C=O)c(O)c([N+](=O)[O-])c1. The van der Waals surface area contributed by atoms with Crippen LogP contribution in [0.25, 0.3) is 0 Å². The Balaban J connectivity index is 2.99. The molecule has 0 radical (unpaired) electrons. The lowest BCUT2D eigenvalue weighted by atomic mass is 9.99. The van der Waals surface area contributed by atoms with Crippen LogP contribution in [-0.4, -0.2) is 45.1 Å². The number of benzene rings is 1. The number of nitro groups is 1. The van der Waals surface area contributed by atoms with Gasteiger partial charge in [-0.1, -0.05) is 0 Å². The fourth-order valence-corrected chi connectivity index (χ4v) is 1.84. The monoisotopic (exact) mass is 312 g/mol. The van der Waals surface area contributed by atoms with Crippen LogP contribution >= 0.6 is 0 Å². The van der Waals surface area contributed by atoms with Crippen molar-refractivity contribution >= 4 is 17.9 Å². The van der Waals surface area contributed by atoms with Crippen LogP contribution in [0.3, 0.4) is 0 Å². The van der Waals surface area contributed by atoms with Crippen LogP contribution in [-0.2, 0) is 4.79 Å². The largest absolute Gasteiger partial charge is 0.502 e. The molecule has 1 aromatic rings. The van der Waals surface area contributed by atoms with Crippen LogP contribution in [0.4, 0.5) is 5.69 Å². The summed E-state index contributed by atoms with van der Waals surface area (Å²) in [6.45, 7) is 1.40. The van der Waals surface area contributed by atoms with Crippen molar-refractivity contribution in [3.63, 3.8) is 0 Å². The van der Waals surface area contributed by atoms with Crippen LogP contribution in [0, 0.1) is 10.1 Å². The first-order chi connectivity index (χ1) is 10.3. The summed E-state index contributed by atoms with van der Waals surface area (Å²) < 4.78 is 0. The summed E-state index contributed by atoms with van der Waals surface area (Å²) in [5.74, 6) is -1.10. The molecule has 0 saturated carbocycles. The Kier molecular flexibility index (Phi) is 5.96. The van der Waals surface area contributed by atoms with Crippen LogP contribution in [0.5, 0.6) is 5.75 Å². The van der Waals surface area contributed by atoms with Gasteiger partial charge in [0.05, 0.1) is 16.6 Å². The van der Waals surface area contributed by atoms with Gasteiger partial charge in [-0.3, -0.25) is 19.7 Å². The molecule has 120 valence electrons. The van der Waals surface area contributed by atoms with Gasteiger partial charge in [-0.25, -0.2) is 0 Å². The van der Waals surface area contributed by atoms with Gasteiger partial charge in [-0.2, -0.15) is 0 Å². The first kappa shape index (κ1) is 17.5. The van der Waals surface area contributed by atoms with Gasteiger partial charge in [0.15, 0.2) is 6.29 Å². The van der Waals surface area contributed by atoms with Crippen molar-refractivity contribution in [3.05, 3.63) is 33.4 Å². The summed E-state index contributed by atoms with van der Waals surface area (Å²) in [6.07, 6.45) is -2.60. The van der Waals surface area contributed by atoms with Crippen molar-refractivity contribution in [2.45, 2.75) is 25.6 Å². The highest BCUT2D eigenvalue weighted by molar-refractivity contribution is 5.82. The molecule has 0 aliphatic rings. The van der Waals surface area contributed by atoms with Crippen LogP contribution in [0.2, 0.25) is 0 Å². The molecule has 0 aliphatic heterocycles. The van der Waals surface area contributed by atoms with Crippen LogP contribution in [0.15, 0.2) is 12.1 Å². The molecule has 0 heterocycles. The standard InChI is InChI=1S/C13H16N2O7/c1-7(17)14-3-2-11(18)13(20)8-4-9(6-16)12(19)10(5-8)15(21)22/h4-6,11,13,18-20H,2-3H2,1H3,(H,14,17). The molecule has 1 aromatic carbocycles. The summed E-state index contributed by atoms with van der Waals surface area (Å²) in [5.41, 5.74) is -1.19. The van der Waals surface area contributed by atoms with E-state index in [4.69, 9.17) is 0 Å². The second-order valence-corrected chi connectivity index (χ2v) is 4.64. The highest BCUT2D eigenvalue weighted by atomic mass is 16.6. The van der Waals surface area contributed by atoms with E-state index in [1.807, 2.05) is 0 Å². The molecule has 22 heavy (non-hydrogen) atoms. The normalized spacial score (nSPS) is 13.2. The number of hydrogen-bond acceptors (Lipinski definition) is 7. The van der Waals surface area contributed by atoms with E-state index in [1.165, 1.54) is 6.92 Å². The topological polar surface area (TPSA) is 150 Å². The molecule has 1 rings (SSSR count). The highest BCUT2D eigenvalue weighted by Crippen LogP contribution is 2.33. The number of aromatic hydroxyl groups is 1. The lowest BCUT2D eigenvalue weighted by Crippen LogP contribution is -2.27. The zero-order chi connectivity index (χ0) is 16.9. The minimum Gasteiger partial charge on any atom is -0.502 e. The predicted octanol–water partition coefficient (Wildman–Crippen LogP) is 0.0334. The van der Waals surface area contributed by atoms with Crippen molar-refractivity contribution in [2.24, 2.45) is 0 Å². The van der Waals surface area contributed by atoms with E-state index in [1.54, 1.807) is 0 Å². The zero-order valence-electron chi connectivity index (χ0n) is 11.7. The van der Waals surface area contributed by atoms with Crippen molar-refractivity contribution in [1.29, 1.82) is 0 Å². The number of nitrogens with one attached hydrogen (secondary N) is 1. The zero-order valence-corrected chi connectivity index (χ0v) is 11.7. The van der Waals surface area contributed by atoms with Crippen LogP contribution < -0.4 is 5.32 Å². The molecular weight excluding hydrogens is 296 g/mol. The van der Waals surface area contributed by atoms with Crippen LogP contribution in [0.1, 0.15) is 35.4 Å². The molecule has 0 spiro atoms. The Labute approximate surface area is 125 Å². The fourth-order valence-electron chi connectivity index (χ4n) is 1.84. The molecule has 0 bridgehead atoms. The van der Waals surface area contributed by atoms with Gasteiger partial charge < -0.3 is 20.6 Å². The molecule has 0 fully saturated rings. The Morgan fingerprint density at radius 1 is 1.45 bits per heavy atom. The molecule has 4 N–H and O–H groups in total. The maximum Gasteiger partial charge on any atom is 0.311 e. The number of aliphatic hydroxyl groups excluding tert-OH is 2. The average molecular weight is 312 g/mol. The number of nitro benzene ring substituents is 1. The number of phenols is 1. The van der Waals surface area contributed by atoms with E-state index in [-0.39, 0.29) is 36.3 Å². The third-order valence-corrected chi connectivity index (χ3v) is 2.99. The van der Waals surface area contributed by atoms with E-state index in [9.17, 15) is 35.0 Å². The highest BCUT2D eigenvalue weighted by Gasteiger charge is 2.25. The first-order valence-corrected chi connectivity index (χ1v) is 6.35. The number of nitrogens with zero attached hydrogens (tertiary/aromatic N) is 1. The lowest BCUT2D eigenvalue weighted by Gasteiger charge is -2.18. The first-order valence-electron chi connectivity index (χ1n) is 6.35. The summed E-state index contributed by atoms with van der Waals surface area (Å²) in [6, 6.07) is 1.94. The summed E-state index contributed by atoms with van der Waals surface area (Å²) >= 11 is 0. The van der Waals surface area contributed by atoms with Crippen molar-refractivity contribution in [3.8, 4) is 5.75 Å². The molecular formula is C13H16N2O7. The van der Waals surface area contributed by atoms with Gasteiger partial charge in [-0.05, 0) is 18.1 Å². The number of aldehydes is 1. The Hall–Kier alpha value is -2.52. The molecule has 0 aromatic heterocycles. The Morgan fingerprint density at radius 2 is 2.09 bits per heavy atom. The quantitative estimate of drug-likeness (QED) is 0.315. The van der Waals surface area contributed by atoms with E-state index >= 15 is 0 Å². The second-order valence-electron chi connectivity index (χ2n) is 4.64. The minimum absolute atomic E-state index is 0.00580. The Morgan fingerprint density at radius 3 is 2.59 bits per heavy atom. The summed E-state index contributed by atoms with van der Waals surface area (Å²) in [7, 11) is 0. The molecule has 2 atom stereocenters. The maximum absolute atomic E-state index is 10.8. The fraction of sp³-hybridized carbons (Fsp3) is 0.385. The van der Waals surface area contributed by atoms with Gasteiger partial charge in [-0.15, -0.1) is 0 Å². The maximum atomic E-state index is 10.8. The number of aliphatic hydroxyl groups is 2. The predicted molar refractivity (Wildman–Crippen MR) is 74.4 cm³/mol. The van der Waals surface area contributed by atoms with Crippen molar-refractivity contribution in [2.75, 3.05) is 6.54 Å². The molecule has 0 saturated heterocycles. The number of hydrogen-bond donors (Lipinski definition) is 4. The van der Waals surface area contributed by atoms with Crippen molar-refractivity contribution < 1.29 is 29.8 Å². The number of rotatable bonds is 7. The van der Waals surface area contributed by atoms with Crippen molar-refractivity contribution in [1.82, 2.24) is 5.32 Å². The van der Waals surface area contributed by atoms with E-state index in [0.717, 1.165) is 12.1 Å². The van der Waals surface area contributed by atoms with E-state index in [2.05, 4.69) is 5.32 Å². The number of amides is 1. The minimum atomic E-state index is -1.51. The number of phenolic OH excluding ortho intramolecular Hbond substituents is 1. The molecule has 9 nitrogen and oxygen atoms in total. The van der Waals surface area contributed by atoms with Gasteiger partial charge in [0.1, 0.15) is 6.10 Å².